The highest BCUT2D eigenvalue weighted by Gasteiger charge is 2.23. The summed E-state index contributed by atoms with van der Waals surface area (Å²) in [6.45, 7) is 2.13. The van der Waals surface area contributed by atoms with Gasteiger partial charge in [-0.2, -0.15) is 0 Å². The van der Waals surface area contributed by atoms with E-state index in [1.54, 1.807) is 24.3 Å². The maximum Gasteiger partial charge on any atom is 0.338 e. The van der Waals surface area contributed by atoms with Gasteiger partial charge >= 0.3 is 5.97 Å². The number of hydrogen-bond donors (Lipinski definition) is 1. The van der Waals surface area contributed by atoms with Crippen LogP contribution in [-0.4, -0.2) is 32.2 Å². The van der Waals surface area contributed by atoms with Crippen molar-refractivity contribution >= 4 is 17.6 Å². The maximum absolute atomic E-state index is 11.9. The van der Waals surface area contributed by atoms with Gasteiger partial charge in [-0.1, -0.05) is 17.7 Å². The number of likely N-dealkylation sites (tertiary alicyclic amines) is 1. The van der Waals surface area contributed by atoms with E-state index in [-0.39, 0.29) is 12.1 Å². The van der Waals surface area contributed by atoms with Crippen LogP contribution in [0.2, 0.25) is 5.02 Å². The quantitative estimate of drug-likeness (QED) is 0.804. The molecule has 4 heteroatoms. The molecule has 0 atom stereocenters. The van der Waals surface area contributed by atoms with Gasteiger partial charge in [0.1, 0.15) is 6.10 Å². The second-order valence-electron chi connectivity index (χ2n) is 4.57. The number of ether oxygens (including phenoxy) is 1. The van der Waals surface area contributed by atoms with E-state index in [2.05, 4.69) is 7.05 Å². The highest BCUT2D eigenvalue weighted by molar-refractivity contribution is 6.30. The SMILES string of the molecule is C[NH+]1CCC(OC(=O)c2cccc(Cl)c2)CC1. The molecular formula is C13H17ClNO2+. The summed E-state index contributed by atoms with van der Waals surface area (Å²) in [4.78, 5) is 13.4. The molecule has 0 aliphatic carbocycles. The van der Waals surface area contributed by atoms with E-state index in [0.29, 0.717) is 10.6 Å². The van der Waals surface area contributed by atoms with Gasteiger partial charge < -0.3 is 9.64 Å². The van der Waals surface area contributed by atoms with Crippen molar-refractivity contribution < 1.29 is 14.4 Å². The first-order valence-corrected chi connectivity index (χ1v) is 6.31. The molecule has 92 valence electrons. The molecule has 0 amide bonds. The van der Waals surface area contributed by atoms with Gasteiger partial charge in [0.2, 0.25) is 0 Å². The number of esters is 1. The molecule has 1 aliphatic rings. The minimum absolute atomic E-state index is 0.0604. The van der Waals surface area contributed by atoms with Crippen LogP contribution in [0.4, 0.5) is 0 Å². The number of nitrogens with one attached hydrogen (secondary N) is 1. The Kier molecular flexibility index (Phi) is 4.02. The number of carbonyl (C=O) groups excluding carboxylic acids is 1. The van der Waals surface area contributed by atoms with E-state index in [4.69, 9.17) is 16.3 Å². The Balaban J connectivity index is 1.93. The second kappa shape index (κ2) is 5.52. The van der Waals surface area contributed by atoms with E-state index < -0.39 is 0 Å². The second-order valence-corrected chi connectivity index (χ2v) is 5.01. The molecule has 0 radical (unpaired) electrons. The smallest absolute Gasteiger partial charge is 0.338 e. The van der Waals surface area contributed by atoms with Crippen LogP contribution in [0.5, 0.6) is 0 Å². The van der Waals surface area contributed by atoms with Crippen LogP contribution < -0.4 is 4.90 Å². The summed E-state index contributed by atoms with van der Waals surface area (Å²) in [5.41, 5.74) is 0.531. The van der Waals surface area contributed by atoms with Crippen LogP contribution in [0.25, 0.3) is 0 Å². The number of hydrogen-bond acceptors (Lipinski definition) is 2. The number of benzene rings is 1. The fourth-order valence-corrected chi connectivity index (χ4v) is 2.23. The minimum Gasteiger partial charge on any atom is -0.458 e. The Morgan fingerprint density at radius 2 is 2.12 bits per heavy atom. The zero-order valence-electron chi connectivity index (χ0n) is 9.91. The maximum atomic E-state index is 11.9. The summed E-state index contributed by atoms with van der Waals surface area (Å²) in [7, 11) is 2.16. The molecule has 3 nitrogen and oxygen atoms in total. The zero-order chi connectivity index (χ0) is 12.3. The van der Waals surface area contributed by atoms with Crippen LogP contribution in [0.1, 0.15) is 23.2 Å². The standard InChI is InChI=1S/C13H16ClNO2/c1-15-7-5-12(6-8-15)17-13(16)10-3-2-4-11(14)9-10/h2-4,9,12H,5-8H2,1H3/p+1. The van der Waals surface area contributed by atoms with Crippen LogP contribution in [0.15, 0.2) is 24.3 Å². The van der Waals surface area contributed by atoms with Gasteiger partial charge in [0, 0.05) is 17.9 Å². The Morgan fingerprint density at radius 1 is 1.41 bits per heavy atom. The number of carbonyl (C=O) groups is 1. The molecule has 0 unspecified atom stereocenters. The van der Waals surface area contributed by atoms with Crippen molar-refractivity contribution in [3.63, 3.8) is 0 Å². The average Bonchev–Trinajstić information content (AvgIpc) is 2.32. The summed E-state index contributed by atoms with van der Waals surface area (Å²) in [5, 5.41) is 0.562. The van der Waals surface area contributed by atoms with Crippen LogP contribution in [-0.2, 0) is 4.74 Å². The van der Waals surface area contributed by atoms with Crippen LogP contribution in [0, 0.1) is 0 Å². The van der Waals surface area contributed by atoms with Gasteiger partial charge in [-0.05, 0) is 18.2 Å². The van der Waals surface area contributed by atoms with Gasteiger partial charge in [0.15, 0.2) is 0 Å². The first kappa shape index (κ1) is 12.4. The van der Waals surface area contributed by atoms with Gasteiger partial charge in [-0.3, -0.25) is 0 Å². The molecular weight excluding hydrogens is 238 g/mol. The molecule has 0 spiro atoms. The average molecular weight is 255 g/mol. The first-order chi connectivity index (χ1) is 8.15. The summed E-state index contributed by atoms with van der Waals surface area (Å²) >= 11 is 5.84. The van der Waals surface area contributed by atoms with Crippen molar-refractivity contribution in [2.75, 3.05) is 20.1 Å². The third-order valence-electron chi connectivity index (χ3n) is 3.12. The normalized spacial score (nSPS) is 24.4. The molecule has 1 saturated heterocycles. The Bertz CT molecular complexity index is 400. The Hall–Kier alpha value is -1.06. The highest BCUT2D eigenvalue weighted by atomic mass is 35.5. The predicted octanol–water partition coefficient (Wildman–Crippen LogP) is 1.17. The van der Waals surface area contributed by atoms with Crippen LogP contribution in [0.3, 0.4) is 0 Å². The molecule has 17 heavy (non-hydrogen) atoms. The van der Waals surface area contributed by atoms with E-state index in [9.17, 15) is 4.79 Å². The molecule has 1 aromatic rings. The highest BCUT2D eigenvalue weighted by Crippen LogP contribution is 2.14. The lowest BCUT2D eigenvalue weighted by Crippen LogP contribution is -3.10. The fraction of sp³-hybridized carbons (Fsp3) is 0.462. The molecule has 1 aliphatic heterocycles. The summed E-state index contributed by atoms with van der Waals surface area (Å²) in [5.74, 6) is -0.267. The minimum atomic E-state index is -0.267. The molecule has 0 saturated carbocycles. The van der Waals surface area contributed by atoms with Crippen molar-refractivity contribution in [2.24, 2.45) is 0 Å². The van der Waals surface area contributed by atoms with Crippen molar-refractivity contribution in [2.45, 2.75) is 18.9 Å². The van der Waals surface area contributed by atoms with Crippen molar-refractivity contribution in [3.8, 4) is 0 Å². The molecule has 0 bridgehead atoms. The van der Waals surface area contributed by atoms with E-state index in [1.807, 2.05) is 0 Å². The lowest BCUT2D eigenvalue weighted by molar-refractivity contribution is -0.885. The summed E-state index contributed by atoms with van der Waals surface area (Å²) in [6.07, 6.45) is 1.95. The predicted molar refractivity (Wildman–Crippen MR) is 66.5 cm³/mol. The van der Waals surface area contributed by atoms with Crippen molar-refractivity contribution in [1.82, 2.24) is 0 Å². The number of quaternary nitrogens is 1. The molecule has 1 heterocycles. The van der Waals surface area contributed by atoms with Gasteiger partial charge in [0.25, 0.3) is 0 Å². The number of rotatable bonds is 2. The van der Waals surface area contributed by atoms with E-state index in [1.165, 1.54) is 4.90 Å². The molecule has 1 N–H and O–H groups in total. The fourth-order valence-electron chi connectivity index (χ4n) is 2.04. The van der Waals surface area contributed by atoms with Gasteiger partial charge in [-0.15, -0.1) is 0 Å². The van der Waals surface area contributed by atoms with E-state index >= 15 is 0 Å². The summed E-state index contributed by atoms with van der Waals surface area (Å²) < 4.78 is 5.47. The van der Waals surface area contributed by atoms with E-state index in [0.717, 1.165) is 25.9 Å². The number of halogens is 1. The molecule has 1 aromatic carbocycles. The third-order valence-corrected chi connectivity index (χ3v) is 3.36. The Morgan fingerprint density at radius 3 is 2.76 bits per heavy atom. The topological polar surface area (TPSA) is 30.7 Å². The van der Waals surface area contributed by atoms with Crippen molar-refractivity contribution in [1.29, 1.82) is 0 Å². The first-order valence-electron chi connectivity index (χ1n) is 5.93. The number of piperidine rings is 1. The monoisotopic (exact) mass is 254 g/mol. The van der Waals surface area contributed by atoms with Crippen molar-refractivity contribution in [3.05, 3.63) is 34.9 Å². The lowest BCUT2D eigenvalue weighted by atomic mass is 10.1. The lowest BCUT2D eigenvalue weighted by Gasteiger charge is -2.26. The molecule has 0 aromatic heterocycles. The molecule has 1 fully saturated rings. The Labute approximate surface area is 106 Å². The molecule has 2 rings (SSSR count). The largest absolute Gasteiger partial charge is 0.458 e. The zero-order valence-corrected chi connectivity index (χ0v) is 10.7. The van der Waals surface area contributed by atoms with Gasteiger partial charge in [0.05, 0.1) is 25.7 Å². The third kappa shape index (κ3) is 3.45. The van der Waals surface area contributed by atoms with Crippen LogP contribution >= 0.6 is 11.6 Å². The van der Waals surface area contributed by atoms with Gasteiger partial charge in [-0.25, -0.2) is 4.79 Å². The summed E-state index contributed by atoms with van der Waals surface area (Å²) in [6, 6.07) is 6.88.